The highest BCUT2D eigenvalue weighted by atomic mass is 16.5. The number of carboxylic acid groups (broad SMARTS) is 1. The summed E-state index contributed by atoms with van der Waals surface area (Å²) in [6, 6.07) is 15.8. The molecule has 148 valence electrons. The Morgan fingerprint density at radius 2 is 1.86 bits per heavy atom. The van der Waals surface area contributed by atoms with Crippen LogP contribution < -0.4 is 10.1 Å². The topological polar surface area (TPSA) is 75.6 Å². The van der Waals surface area contributed by atoms with Gasteiger partial charge in [0.05, 0.1) is 13.0 Å². The largest absolute Gasteiger partial charge is 0.496 e. The molecule has 0 aromatic heterocycles. The number of hydrogen-bond donors (Lipinski definition) is 2. The summed E-state index contributed by atoms with van der Waals surface area (Å²) in [6.45, 7) is 0.121. The summed E-state index contributed by atoms with van der Waals surface area (Å²) in [5, 5.41) is 12.4. The Kier molecular flexibility index (Phi) is 6.69. The average molecular weight is 381 g/mol. The first-order valence-electron chi connectivity index (χ1n) is 9.75. The summed E-state index contributed by atoms with van der Waals surface area (Å²) in [6.07, 6.45) is 3.66. The van der Waals surface area contributed by atoms with E-state index in [9.17, 15) is 14.7 Å². The number of carbonyl (C=O) groups is 2. The van der Waals surface area contributed by atoms with Gasteiger partial charge >= 0.3 is 5.97 Å². The predicted octanol–water partition coefficient (Wildman–Crippen LogP) is 3.25. The summed E-state index contributed by atoms with van der Waals surface area (Å²) >= 11 is 0. The van der Waals surface area contributed by atoms with Crippen LogP contribution in [0.3, 0.4) is 0 Å². The number of methoxy groups -OCH3 is 1. The van der Waals surface area contributed by atoms with Crippen LogP contribution in [0.2, 0.25) is 0 Å². The number of rotatable bonds is 8. The molecule has 2 atom stereocenters. The number of aliphatic carboxylic acids is 1. The van der Waals surface area contributed by atoms with Gasteiger partial charge in [-0.05, 0) is 54.4 Å². The van der Waals surface area contributed by atoms with Crippen molar-refractivity contribution in [3.8, 4) is 5.75 Å². The Morgan fingerprint density at radius 3 is 2.61 bits per heavy atom. The summed E-state index contributed by atoms with van der Waals surface area (Å²) in [7, 11) is 1.57. The van der Waals surface area contributed by atoms with Crippen molar-refractivity contribution in [3.63, 3.8) is 0 Å². The Bertz CT molecular complexity index is 833. The van der Waals surface area contributed by atoms with Crippen molar-refractivity contribution < 1.29 is 19.4 Å². The van der Waals surface area contributed by atoms with Crippen LogP contribution in [0.15, 0.2) is 48.5 Å². The highest BCUT2D eigenvalue weighted by molar-refractivity contribution is 5.77. The number of carbonyl (C=O) groups excluding carboxylic acids is 1. The smallest absolute Gasteiger partial charge is 0.308 e. The van der Waals surface area contributed by atoms with Crippen LogP contribution in [-0.4, -0.2) is 30.6 Å². The second kappa shape index (κ2) is 9.40. The Labute approximate surface area is 165 Å². The second-order valence-electron chi connectivity index (χ2n) is 7.44. The standard InChI is InChI=1S/C23H27NO4/c1-28-21-9-5-4-8-19(21)14-20(23(26)27)15-24-22(25)13-16-10-11-17-6-2-3-7-18(17)12-16/h2-9,16,20H,10-15H2,1H3,(H,24,25)(H,26,27). The number of hydrogen-bond acceptors (Lipinski definition) is 3. The lowest BCUT2D eigenvalue weighted by molar-refractivity contribution is -0.141. The van der Waals surface area contributed by atoms with E-state index >= 15 is 0 Å². The van der Waals surface area contributed by atoms with Gasteiger partial charge in [0.2, 0.25) is 5.91 Å². The highest BCUT2D eigenvalue weighted by Gasteiger charge is 2.23. The van der Waals surface area contributed by atoms with E-state index in [2.05, 4.69) is 23.5 Å². The van der Waals surface area contributed by atoms with Crippen LogP contribution in [0.25, 0.3) is 0 Å². The molecule has 2 unspecified atom stereocenters. The number of fused-ring (bicyclic) bond motifs is 1. The Morgan fingerprint density at radius 1 is 1.14 bits per heavy atom. The van der Waals surface area contributed by atoms with Crippen LogP contribution in [0.4, 0.5) is 0 Å². The first-order valence-corrected chi connectivity index (χ1v) is 9.75. The molecule has 2 N–H and O–H groups in total. The molecule has 0 heterocycles. The second-order valence-corrected chi connectivity index (χ2v) is 7.44. The average Bonchev–Trinajstić information content (AvgIpc) is 2.71. The van der Waals surface area contributed by atoms with Gasteiger partial charge in [-0.25, -0.2) is 0 Å². The van der Waals surface area contributed by atoms with Crippen LogP contribution in [-0.2, 0) is 28.9 Å². The highest BCUT2D eigenvalue weighted by Crippen LogP contribution is 2.27. The molecule has 5 heteroatoms. The van der Waals surface area contributed by atoms with E-state index in [1.54, 1.807) is 7.11 Å². The molecule has 0 saturated heterocycles. The lowest BCUT2D eigenvalue weighted by Crippen LogP contribution is -2.35. The third-order valence-electron chi connectivity index (χ3n) is 5.48. The third-order valence-corrected chi connectivity index (χ3v) is 5.48. The first-order chi connectivity index (χ1) is 13.6. The summed E-state index contributed by atoms with van der Waals surface area (Å²) in [5.41, 5.74) is 3.53. The van der Waals surface area contributed by atoms with Crippen molar-refractivity contribution >= 4 is 11.9 Å². The third kappa shape index (κ3) is 5.12. The minimum atomic E-state index is -0.919. The molecule has 0 radical (unpaired) electrons. The maximum Gasteiger partial charge on any atom is 0.308 e. The first kappa shape index (κ1) is 19.9. The van der Waals surface area contributed by atoms with E-state index in [1.165, 1.54) is 11.1 Å². The van der Waals surface area contributed by atoms with Gasteiger partial charge in [0.15, 0.2) is 0 Å². The van der Waals surface area contributed by atoms with Crippen LogP contribution >= 0.6 is 0 Å². The zero-order valence-corrected chi connectivity index (χ0v) is 16.2. The quantitative estimate of drug-likeness (QED) is 0.736. The molecule has 5 nitrogen and oxygen atoms in total. The normalized spacial score (nSPS) is 16.7. The van der Waals surface area contributed by atoms with Crippen LogP contribution in [0.1, 0.15) is 29.5 Å². The molecule has 3 rings (SSSR count). The summed E-state index contributed by atoms with van der Waals surface area (Å²) < 4.78 is 5.30. The fourth-order valence-electron chi connectivity index (χ4n) is 3.90. The van der Waals surface area contributed by atoms with Gasteiger partial charge in [0.25, 0.3) is 0 Å². The maximum atomic E-state index is 12.4. The maximum absolute atomic E-state index is 12.4. The number of para-hydroxylation sites is 1. The van der Waals surface area contributed by atoms with Crippen molar-refractivity contribution in [2.45, 2.75) is 32.1 Å². The molecule has 0 fully saturated rings. The fourth-order valence-corrected chi connectivity index (χ4v) is 3.90. The fraction of sp³-hybridized carbons (Fsp3) is 0.391. The predicted molar refractivity (Wildman–Crippen MR) is 107 cm³/mol. The number of benzene rings is 2. The van der Waals surface area contributed by atoms with Crippen LogP contribution in [0, 0.1) is 11.8 Å². The number of carboxylic acids is 1. The molecule has 2 aromatic carbocycles. The van der Waals surface area contributed by atoms with Crippen molar-refractivity contribution in [3.05, 3.63) is 65.2 Å². The van der Waals surface area contributed by atoms with E-state index in [0.29, 0.717) is 24.5 Å². The molecule has 2 aromatic rings. The number of amides is 1. The SMILES string of the molecule is COc1ccccc1CC(CNC(=O)CC1CCc2ccccc2C1)C(=O)O. The van der Waals surface area contributed by atoms with Crippen molar-refractivity contribution in [2.75, 3.05) is 13.7 Å². The van der Waals surface area contributed by atoms with Gasteiger partial charge in [-0.2, -0.15) is 0 Å². The Hall–Kier alpha value is -2.82. The van der Waals surface area contributed by atoms with Gasteiger partial charge < -0.3 is 15.2 Å². The molecule has 1 amide bonds. The van der Waals surface area contributed by atoms with Gasteiger partial charge in [-0.3, -0.25) is 9.59 Å². The minimum Gasteiger partial charge on any atom is -0.496 e. The van der Waals surface area contributed by atoms with Crippen molar-refractivity contribution in [2.24, 2.45) is 11.8 Å². The van der Waals surface area contributed by atoms with Crippen molar-refractivity contribution in [1.29, 1.82) is 0 Å². The lowest BCUT2D eigenvalue weighted by Gasteiger charge is -2.24. The molecule has 0 saturated carbocycles. The molecular formula is C23H27NO4. The molecule has 0 bridgehead atoms. The number of ether oxygens (including phenoxy) is 1. The van der Waals surface area contributed by atoms with Gasteiger partial charge in [0, 0.05) is 13.0 Å². The zero-order valence-electron chi connectivity index (χ0n) is 16.2. The number of nitrogens with one attached hydrogen (secondary N) is 1. The van der Waals surface area contributed by atoms with Crippen molar-refractivity contribution in [1.82, 2.24) is 5.32 Å². The van der Waals surface area contributed by atoms with E-state index in [1.807, 2.05) is 30.3 Å². The van der Waals surface area contributed by atoms with E-state index < -0.39 is 11.9 Å². The molecular weight excluding hydrogens is 354 g/mol. The summed E-state index contributed by atoms with van der Waals surface area (Å²) in [4.78, 5) is 24.0. The molecule has 0 spiro atoms. The summed E-state index contributed by atoms with van der Waals surface area (Å²) in [5.74, 6) is -0.700. The minimum absolute atomic E-state index is 0.0735. The molecule has 0 aliphatic heterocycles. The van der Waals surface area contributed by atoms with Gasteiger partial charge in [-0.15, -0.1) is 0 Å². The lowest BCUT2D eigenvalue weighted by atomic mass is 9.82. The van der Waals surface area contributed by atoms with E-state index in [-0.39, 0.29) is 12.5 Å². The van der Waals surface area contributed by atoms with E-state index in [4.69, 9.17) is 4.74 Å². The van der Waals surface area contributed by atoms with Crippen LogP contribution in [0.5, 0.6) is 5.75 Å². The van der Waals surface area contributed by atoms with Gasteiger partial charge in [-0.1, -0.05) is 42.5 Å². The molecule has 1 aliphatic carbocycles. The number of aryl methyl sites for hydroxylation is 1. The molecule has 1 aliphatic rings. The Balaban J connectivity index is 1.52. The zero-order chi connectivity index (χ0) is 19.9. The van der Waals surface area contributed by atoms with Gasteiger partial charge in [0.1, 0.15) is 5.75 Å². The molecule has 28 heavy (non-hydrogen) atoms. The monoisotopic (exact) mass is 381 g/mol. The van der Waals surface area contributed by atoms with E-state index in [0.717, 1.165) is 24.8 Å².